The molecule has 0 radical (unpaired) electrons. The normalized spacial score (nSPS) is 11.0. The quantitative estimate of drug-likeness (QED) is 0.769. The van der Waals surface area contributed by atoms with Gasteiger partial charge in [-0.25, -0.2) is 4.79 Å². The number of rotatable bonds is 7. The van der Waals surface area contributed by atoms with E-state index < -0.39 is 5.60 Å². The fourth-order valence-corrected chi connectivity index (χ4v) is 2.19. The zero-order valence-corrected chi connectivity index (χ0v) is 14.8. The van der Waals surface area contributed by atoms with Crippen LogP contribution in [0.1, 0.15) is 31.9 Å². The molecule has 4 heteroatoms. The maximum absolute atomic E-state index is 11.9. The van der Waals surface area contributed by atoms with Gasteiger partial charge in [0.25, 0.3) is 0 Å². The van der Waals surface area contributed by atoms with E-state index in [2.05, 4.69) is 36.5 Å². The van der Waals surface area contributed by atoms with Crippen LogP contribution >= 0.6 is 0 Å². The zero-order chi connectivity index (χ0) is 17.6. The molecule has 0 aliphatic heterocycles. The molecular formula is C20H25NO3. The van der Waals surface area contributed by atoms with Crippen LogP contribution in [0.4, 0.5) is 5.69 Å². The molecule has 0 aliphatic rings. The van der Waals surface area contributed by atoms with Crippen molar-refractivity contribution >= 4 is 11.7 Å². The SMILES string of the molecule is CCOC(=O)C(C)(C)Oc1ccc(CNc2ccc(C)cc2)cc1. The van der Waals surface area contributed by atoms with Crippen molar-refractivity contribution in [2.75, 3.05) is 11.9 Å². The Morgan fingerprint density at radius 3 is 2.25 bits per heavy atom. The minimum Gasteiger partial charge on any atom is -0.476 e. The lowest BCUT2D eigenvalue weighted by atomic mass is 10.1. The highest BCUT2D eigenvalue weighted by atomic mass is 16.6. The third kappa shape index (κ3) is 5.01. The average molecular weight is 327 g/mol. The average Bonchev–Trinajstić information content (AvgIpc) is 2.55. The predicted octanol–water partition coefficient (Wildman–Crippen LogP) is 4.33. The third-order valence-electron chi connectivity index (χ3n) is 3.61. The first-order valence-electron chi connectivity index (χ1n) is 8.16. The number of nitrogens with one attached hydrogen (secondary N) is 1. The number of benzene rings is 2. The van der Waals surface area contributed by atoms with Crippen molar-refractivity contribution in [1.82, 2.24) is 0 Å². The number of carbonyl (C=O) groups excluding carboxylic acids is 1. The van der Waals surface area contributed by atoms with E-state index in [1.54, 1.807) is 20.8 Å². The van der Waals surface area contributed by atoms with Crippen molar-refractivity contribution in [1.29, 1.82) is 0 Å². The van der Waals surface area contributed by atoms with Crippen LogP contribution in [0.25, 0.3) is 0 Å². The Morgan fingerprint density at radius 2 is 1.67 bits per heavy atom. The largest absolute Gasteiger partial charge is 0.476 e. The summed E-state index contributed by atoms with van der Waals surface area (Å²) in [5, 5.41) is 3.38. The molecule has 0 heterocycles. The van der Waals surface area contributed by atoms with Gasteiger partial charge in [0.05, 0.1) is 6.61 Å². The molecule has 0 aromatic heterocycles. The molecule has 0 aliphatic carbocycles. The molecule has 128 valence electrons. The Morgan fingerprint density at radius 1 is 1.04 bits per heavy atom. The molecule has 0 saturated heterocycles. The topological polar surface area (TPSA) is 47.6 Å². The molecular weight excluding hydrogens is 302 g/mol. The van der Waals surface area contributed by atoms with Gasteiger partial charge in [-0.15, -0.1) is 0 Å². The van der Waals surface area contributed by atoms with Crippen LogP contribution in [-0.2, 0) is 16.1 Å². The summed E-state index contributed by atoms with van der Waals surface area (Å²) in [6.07, 6.45) is 0. The fourth-order valence-electron chi connectivity index (χ4n) is 2.19. The number of hydrogen-bond donors (Lipinski definition) is 1. The van der Waals surface area contributed by atoms with Crippen molar-refractivity contribution in [2.45, 2.75) is 39.8 Å². The molecule has 2 aromatic rings. The summed E-state index contributed by atoms with van der Waals surface area (Å²) in [6, 6.07) is 16.0. The highest BCUT2D eigenvalue weighted by Crippen LogP contribution is 2.21. The summed E-state index contributed by atoms with van der Waals surface area (Å²) in [5.41, 5.74) is 2.46. The maximum Gasteiger partial charge on any atom is 0.349 e. The summed E-state index contributed by atoms with van der Waals surface area (Å²) in [6.45, 7) is 8.33. The van der Waals surface area contributed by atoms with E-state index in [0.29, 0.717) is 12.4 Å². The van der Waals surface area contributed by atoms with Crippen LogP contribution < -0.4 is 10.1 Å². The van der Waals surface area contributed by atoms with Crippen LogP contribution in [0.15, 0.2) is 48.5 Å². The van der Waals surface area contributed by atoms with Crippen molar-refractivity contribution < 1.29 is 14.3 Å². The van der Waals surface area contributed by atoms with E-state index >= 15 is 0 Å². The zero-order valence-electron chi connectivity index (χ0n) is 14.8. The van der Waals surface area contributed by atoms with Gasteiger partial charge in [0, 0.05) is 12.2 Å². The fraction of sp³-hybridized carbons (Fsp3) is 0.350. The summed E-state index contributed by atoms with van der Waals surface area (Å²) in [4.78, 5) is 11.9. The number of aryl methyl sites for hydroxylation is 1. The van der Waals surface area contributed by atoms with Crippen LogP contribution in [0.2, 0.25) is 0 Å². The van der Waals surface area contributed by atoms with Crippen LogP contribution in [0, 0.1) is 6.92 Å². The van der Waals surface area contributed by atoms with E-state index in [1.807, 2.05) is 24.3 Å². The molecule has 0 amide bonds. The maximum atomic E-state index is 11.9. The number of hydrogen-bond acceptors (Lipinski definition) is 4. The van der Waals surface area contributed by atoms with Crippen molar-refractivity contribution in [2.24, 2.45) is 0 Å². The Bertz CT molecular complexity index is 660. The smallest absolute Gasteiger partial charge is 0.349 e. The Kier molecular flexibility index (Phi) is 5.85. The Hall–Kier alpha value is -2.49. The molecule has 0 unspecified atom stereocenters. The Balaban J connectivity index is 1.92. The summed E-state index contributed by atoms with van der Waals surface area (Å²) < 4.78 is 10.8. The third-order valence-corrected chi connectivity index (χ3v) is 3.61. The molecule has 0 bridgehead atoms. The van der Waals surface area contributed by atoms with Gasteiger partial charge < -0.3 is 14.8 Å². The first kappa shape index (κ1) is 17.9. The molecule has 0 saturated carbocycles. The predicted molar refractivity (Wildman–Crippen MR) is 96.3 cm³/mol. The van der Waals surface area contributed by atoms with E-state index in [0.717, 1.165) is 17.8 Å². The summed E-state index contributed by atoms with van der Waals surface area (Å²) in [7, 11) is 0. The van der Waals surface area contributed by atoms with Gasteiger partial charge in [-0.3, -0.25) is 0 Å². The molecule has 0 spiro atoms. The van der Waals surface area contributed by atoms with Crippen molar-refractivity contribution in [3.63, 3.8) is 0 Å². The Labute approximate surface area is 143 Å². The molecule has 4 nitrogen and oxygen atoms in total. The second kappa shape index (κ2) is 7.86. The molecule has 2 aromatic carbocycles. The van der Waals surface area contributed by atoms with Crippen molar-refractivity contribution in [3.8, 4) is 5.75 Å². The van der Waals surface area contributed by atoms with Gasteiger partial charge in [0.1, 0.15) is 5.75 Å². The minimum atomic E-state index is -1.00. The van der Waals surface area contributed by atoms with Gasteiger partial charge in [-0.1, -0.05) is 29.8 Å². The first-order valence-corrected chi connectivity index (χ1v) is 8.16. The van der Waals surface area contributed by atoms with E-state index in [1.165, 1.54) is 5.56 Å². The molecule has 0 atom stereocenters. The summed E-state index contributed by atoms with van der Waals surface area (Å²) >= 11 is 0. The van der Waals surface area contributed by atoms with Crippen molar-refractivity contribution in [3.05, 3.63) is 59.7 Å². The highest BCUT2D eigenvalue weighted by molar-refractivity contribution is 5.79. The second-order valence-corrected chi connectivity index (χ2v) is 6.20. The second-order valence-electron chi connectivity index (χ2n) is 6.20. The van der Waals surface area contributed by atoms with Gasteiger partial charge in [-0.05, 0) is 57.5 Å². The number of esters is 1. The molecule has 0 fully saturated rings. The van der Waals surface area contributed by atoms with E-state index in [4.69, 9.17) is 9.47 Å². The van der Waals surface area contributed by atoms with Gasteiger partial charge >= 0.3 is 5.97 Å². The molecule has 24 heavy (non-hydrogen) atoms. The molecule has 2 rings (SSSR count). The first-order chi connectivity index (χ1) is 11.4. The monoisotopic (exact) mass is 327 g/mol. The lowest BCUT2D eigenvalue weighted by Gasteiger charge is -2.24. The molecule has 1 N–H and O–H groups in total. The van der Waals surface area contributed by atoms with Crippen LogP contribution in [0.5, 0.6) is 5.75 Å². The number of ether oxygens (including phenoxy) is 2. The highest BCUT2D eigenvalue weighted by Gasteiger charge is 2.31. The van der Waals surface area contributed by atoms with Gasteiger partial charge in [0.2, 0.25) is 0 Å². The standard InChI is InChI=1S/C20H25NO3/c1-5-23-19(22)20(3,4)24-18-12-8-16(9-13-18)14-21-17-10-6-15(2)7-11-17/h6-13,21H,5,14H2,1-4H3. The van der Waals surface area contributed by atoms with Crippen LogP contribution in [-0.4, -0.2) is 18.2 Å². The summed E-state index contributed by atoms with van der Waals surface area (Å²) in [5.74, 6) is 0.280. The minimum absolute atomic E-state index is 0.343. The van der Waals surface area contributed by atoms with Crippen LogP contribution in [0.3, 0.4) is 0 Å². The lowest BCUT2D eigenvalue weighted by Crippen LogP contribution is -2.39. The lowest BCUT2D eigenvalue weighted by molar-refractivity contribution is -0.158. The number of carbonyl (C=O) groups is 1. The van der Waals surface area contributed by atoms with E-state index in [-0.39, 0.29) is 5.97 Å². The van der Waals surface area contributed by atoms with Gasteiger partial charge in [-0.2, -0.15) is 0 Å². The number of anilines is 1. The van der Waals surface area contributed by atoms with Gasteiger partial charge in [0.15, 0.2) is 5.60 Å². The van der Waals surface area contributed by atoms with E-state index in [9.17, 15) is 4.79 Å².